The molecule has 0 aliphatic carbocycles. The summed E-state index contributed by atoms with van der Waals surface area (Å²) >= 11 is 0. The molecule has 0 radical (unpaired) electrons. The number of rotatable bonds is 1. The Balaban J connectivity index is 2.39. The number of hydrogen-bond acceptors (Lipinski definition) is 2. The molecule has 0 aromatic carbocycles. The van der Waals surface area contributed by atoms with Crippen molar-refractivity contribution in [1.82, 2.24) is 4.90 Å². The molecule has 1 unspecified atom stereocenters. The number of alkyl halides is 1. The molecule has 0 aromatic rings. The number of halogens is 1. The maximum absolute atomic E-state index is 12.7. The molecule has 0 saturated carbocycles. The average Bonchev–Trinajstić information content (AvgIpc) is 2.04. The zero-order valence-electron chi connectivity index (χ0n) is 7.29. The summed E-state index contributed by atoms with van der Waals surface area (Å²) < 4.78 is 12.7. The van der Waals surface area contributed by atoms with Crippen molar-refractivity contribution in [2.24, 2.45) is 5.73 Å². The molecule has 0 aromatic heterocycles. The Morgan fingerprint density at radius 2 is 2.08 bits per heavy atom. The van der Waals surface area contributed by atoms with Crippen molar-refractivity contribution in [3.05, 3.63) is 0 Å². The molecule has 70 valence electrons. The minimum absolute atomic E-state index is 0.0677. The van der Waals surface area contributed by atoms with E-state index in [0.29, 0.717) is 25.9 Å². The van der Waals surface area contributed by atoms with Gasteiger partial charge in [0.2, 0.25) is 5.91 Å². The molecule has 1 aliphatic heterocycles. The van der Waals surface area contributed by atoms with E-state index in [2.05, 4.69) is 0 Å². The lowest BCUT2D eigenvalue weighted by molar-refractivity contribution is -0.133. The highest BCUT2D eigenvalue weighted by atomic mass is 19.1. The minimum atomic E-state index is -0.734. The zero-order valence-corrected chi connectivity index (χ0v) is 7.29. The summed E-state index contributed by atoms with van der Waals surface area (Å²) in [6.45, 7) is 2.69. The highest BCUT2D eigenvalue weighted by Gasteiger charge is 2.23. The molecular weight excluding hydrogens is 159 g/mol. The van der Waals surface area contributed by atoms with Gasteiger partial charge < -0.3 is 10.6 Å². The Bertz CT molecular complexity index is 164. The Labute approximate surface area is 71.7 Å². The van der Waals surface area contributed by atoms with Crippen molar-refractivity contribution in [1.29, 1.82) is 0 Å². The number of nitrogens with zero attached hydrogens (tertiary/aromatic N) is 1. The van der Waals surface area contributed by atoms with Gasteiger partial charge >= 0.3 is 0 Å². The molecule has 1 fully saturated rings. The first-order chi connectivity index (χ1) is 5.61. The van der Waals surface area contributed by atoms with Crippen LogP contribution in [0, 0.1) is 0 Å². The smallest absolute Gasteiger partial charge is 0.239 e. The molecule has 0 spiro atoms. The highest BCUT2D eigenvalue weighted by Crippen LogP contribution is 2.13. The number of amides is 1. The van der Waals surface area contributed by atoms with Crippen LogP contribution in [-0.2, 0) is 4.79 Å². The van der Waals surface area contributed by atoms with E-state index < -0.39 is 12.2 Å². The third-order valence-corrected chi connectivity index (χ3v) is 2.13. The SMILES string of the molecule is CC(N)C(=O)N1CCC(F)CC1. The fraction of sp³-hybridized carbons (Fsp3) is 0.875. The van der Waals surface area contributed by atoms with Crippen LogP contribution < -0.4 is 5.73 Å². The molecule has 1 heterocycles. The van der Waals surface area contributed by atoms with Crippen molar-refractivity contribution in [2.45, 2.75) is 32.0 Å². The summed E-state index contributed by atoms with van der Waals surface area (Å²) in [6, 6.07) is -0.457. The van der Waals surface area contributed by atoms with Gasteiger partial charge in [0.15, 0.2) is 0 Å². The second-order valence-corrected chi connectivity index (χ2v) is 3.29. The minimum Gasteiger partial charge on any atom is -0.341 e. The van der Waals surface area contributed by atoms with Gasteiger partial charge in [-0.1, -0.05) is 0 Å². The molecule has 0 bridgehead atoms. The van der Waals surface area contributed by atoms with E-state index in [-0.39, 0.29) is 5.91 Å². The number of likely N-dealkylation sites (tertiary alicyclic amines) is 1. The second kappa shape index (κ2) is 3.85. The molecule has 1 saturated heterocycles. The molecule has 1 atom stereocenters. The van der Waals surface area contributed by atoms with Crippen molar-refractivity contribution in [3.8, 4) is 0 Å². The second-order valence-electron chi connectivity index (χ2n) is 3.29. The maximum Gasteiger partial charge on any atom is 0.239 e. The number of piperidine rings is 1. The molecule has 12 heavy (non-hydrogen) atoms. The molecule has 3 nitrogen and oxygen atoms in total. The number of carbonyl (C=O) groups is 1. The van der Waals surface area contributed by atoms with Crippen molar-refractivity contribution in [2.75, 3.05) is 13.1 Å². The van der Waals surface area contributed by atoms with E-state index in [4.69, 9.17) is 5.73 Å². The monoisotopic (exact) mass is 174 g/mol. The van der Waals surface area contributed by atoms with E-state index >= 15 is 0 Å². The van der Waals surface area contributed by atoms with Crippen LogP contribution in [-0.4, -0.2) is 36.1 Å². The number of nitrogens with two attached hydrogens (primary N) is 1. The van der Waals surface area contributed by atoms with Crippen LogP contribution in [0.5, 0.6) is 0 Å². The molecular formula is C8H15FN2O. The van der Waals surface area contributed by atoms with Crippen LogP contribution in [0.3, 0.4) is 0 Å². The van der Waals surface area contributed by atoms with E-state index in [0.717, 1.165) is 0 Å². The topological polar surface area (TPSA) is 46.3 Å². The Hall–Kier alpha value is -0.640. The van der Waals surface area contributed by atoms with E-state index in [1.807, 2.05) is 0 Å². The first kappa shape index (κ1) is 9.45. The summed E-state index contributed by atoms with van der Waals surface area (Å²) in [5, 5.41) is 0. The lowest BCUT2D eigenvalue weighted by atomic mass is 10.1. The average molecular weight is 174 g/mol. The molecule has 1 aliphatic rings. The molecule has 4 heteroatoms. The lowest BCUT2D eigenvalue weighted by Gasteiger charge is -2.29. The Morgan fingerprint density at radius 1 is 1.58 bits per heavy atom. The maximum atomic E-state index is 12.7. The van der Waals surface area contributed by atoms with E-state index in [1.165, 1.54) is 0 Å². The summed E-state index contributed by atoms with van der Waals surface area (Å²) in [4.78, 5) is 12.9. The van der Waals surface area contributed by atoms with Gasteiger partial charge in [0.05, 0.1) is 6.04 Å². The van der Waals surface area contributed by atoms with Crippen molar-refractivity contribution in [3.63, 3.8) is 0 Å². The lowest BCUT2D eigenvalue weighted by Crippen LogP contribution is -2.46. The third-order valence-electron chi connectivity index (χ3n) is 2.13. The van der Waals surface area contributed by atoms with Crippen LogP contribution in [0.15, 0.2) is 0 Å². The van der Waals surface area contributed by atoms with Gasteiger partial charge in [0.1, 0.15) is 6.17 Å². The van der Waals surface area contributed by atoms with Crippen LogP contribution >= 0.6 is 0 Å². The van der Waals surface area contributed by atoms with Gasteiger partial charge in [-0.3, -0.25) is 4.79 Å². The quantitative estimate of drug-likeness (QED) is 0.621. The van der Waals surface area contributed by atoms with Crippen LogP contribution in [0.25, 0.3) is 0 Å². The fourth-order valence-corrected chi connectivity index (χ4v) is 1.36. The zero-order chi connectivity index (χ0) is 9.14. The van der Waals surface area contributed by atoms with Gasteiger partial charge in [0.25, 0.3) is 0 Å². The van der Waals surface area contributed by atoms with Crippen molar-refractivity contribution < 1.29 is 9.18 Å². The van der Waals surface area contributed by atoms with Gasteiger partial charge in [-0.15, -0.1) is 0 Å². The van der Waals surface area contributed by atoms with Crippen molar-refractivity contribution >= 4 is 5.91 Å². The normalized spacial score (nSPS) is 22.4. The summed E-state index contributed by atoms with van der Waals surface area (Å²) in [7, 11) is 0. The molecule has 1 amide bonds. The first-order valence-corrected chi connectivity index (χ1v) is 4.29. The predicted octanol–water partition coefficient (Wildman–Crippen LogP) is 0.294. The van der Waals surface area contributed by atoms with E-state index in [9.17, 15) is 9.18 Å². The predicted molar refractivity (Wildman–Crippen MR) is 44.4 cm³/mol. The Kier molecular flexibility index (Phi) is 3.03. The van der Waals surface area contributed by atoms with Gasteiger partial charge in [-0.2, -0.15) is 0 Å². The molecule has 2 N–H and O–H groups in total. The summed E-state index contributed by atoms with van der Waals surface area (Å²) in [6.07, 6.45) is 0.179. The van der Waals surface area contributed by atoms with Gasteiger partial charge in [-0.05, 0) is 19.8 Å². The number of carbonyl (C=O) groups excluding carboxylic acids is 1. The number of hydrogen-bond donors (Lipinski definition) is 1. The van der Waals surface area contributed by atoms with Crippen LogP contribution in [0.1, 0.15) is 19.8 Å². The molecule has 1 rings (SSSR count). The standard InChI is InChI=1S/C8H15FN2O/c1-6(10)8(12)11-4-2-7(9)3-5-11/h6-7H,2-5,10H2,1H3. The van der Waals surface area contributed by atoms with Gasteiger partial charge in [0, 0.05) is 13.1 Å². The Morgan fingerprint density at radius 3 is 2.50 bits per heavy atom. The van der Waals surface area contributed by atoms with Gasteiger partial charge in [-0.25, -0.2) is 4.39 Å². The summed E-state index contributed by atoms with van der Waals surface area (Å²) in [5.74, 6) is -0.0677. The first-order valence-electron chi connectivity index (χ1n) is 4.29. The fourth-order valence-electron chi connectivity index (χ4n) is 1.36. The third kappa shape index (κ3) is 2.17. The summed E-state index contributed by atoms with van der Waals surface area (Å²) in [5.41, 5.74) is 5.42. The highest BCUT2D eigenvalue weighted by molar-refractivity contribution is 5.81. The van der Waals surface area contributed by atoms with Crippen LogP contribution in [0.2, 0.25) is 0 Å². The van der Waals surface area contributed by atoms with Crippen LogP contribution in [0.4, 0.5) is 4.39 Å². The van der Waals surface area contributed by atoms with E-state index in [1.54, 1.807) is 11.8 Å². The largest absolute Gasteiger partial charge is 0.341 e.